The van der Waals surface area contributed by atoms with Gasteiger partial charge in [0, 0.05) is 0 Å². The molecule has 1 rings (SSSR count). The van der Waals surface area contributed by atoms with E-state index < -0.39 is 27.8 Å². The number of rotatable bonds is 5. The van der Waals surface area contributed by atoms with Gasteiger partial charge in [0.1, 0.15) is 0 Å². The van der Waals surface area contributed by atoms with E-state index in [9.17, 15) is 18.3 Å². The van der Waals surface area contributed by atoms with E-state index in [2.05, 4.69) is 0 Å². The lowest BCUT2D eigenvalue weighted by Crippen LogP contribution is -2.25. The van der Waals surface area contributed by atoms with Crippen LogP contribution in [0.3, 0.4) is 0 Å². The molecule has 0 bridgehead atoms. The second-order valence-electron chi connectivity index (χ2n) is 4.27. The first-order chi connectivity index (χ1) is 8.19. The lowest BCUT2D eigenvalue weighted by Gasteiger charge is -2.21. The highest BCUT2D eigenvalue weighted by molar-refractivity contribution is 7.91. The Morgan fingerprint density at radius 2 is 1.78 bits per heavy atom. The molecule has 0 spiro atoms. The first kappa shape index (κ1) is 14.7. The van der Waals surface area contributed by atoms with Gasteiger partial charge in [0.2, 0.25) is 0 Å². The highest BCUT2D eigenvalue weighted by atomic mass is 32.2. The maximum Gasteiger partial charge on any atom is 0.306 e. The number of hydrogen-bond acceptors (Lipinski definition) is 4. The second kappa shape index (κ2) is 5.07. The molecule has 0 radical (unpaired) electrons. The third kappa shape index (κ3) is 3.30. The lowest BCUT2D eigenvalue weighted by atomic mass is 9.93. The summed E-state index contributed by atoms with van der Waals surface area (Å²) in [6.45, 7) is 2.92. The molecule has 0 aromatic heterocycles. The molecule has 6 heteroatoms. The molecule has 1 aromatic rings. The van der Waals surface area contributed by atoms with Crippen LogP contribution in [-0.2, 0) is 20.2 Å². The summed E-state index contributed by atoms with van der Waals surface area (Å²) < 4.78 is 23.2. The summed E-state index contributed by atoms with van der Waals surface area (Å²) in [5, 5.41) is 18.7. The minimum Gasteiger partial charge on any atom is -0.481 e. The van der Waals surface area contributed by atoms with Crippen molar-refractivity contribution in [2.75, 3.05) is 5.75 Å². The van der Waals surface area contributed by atoms with Crippen molar-refractivity contribution in [3.8, 4) is 0 Å². The SMILES string of the molecule is CCS(=O)(=O)c1ccc(C(C)(O)CC(=O)O)cc1. The quantitative estimate of drug-likeness (QED) is 0.839. The van der Waals surface area contributed by atoms with E-state index in [0.29, 0.717) is 5.56 Å². The van der Waals surface area contributed by atoms with Gasteiger partial charge in [-0.3, -0.25) is 4.79 Å². The van der Waals surface area contributed by atoms with Gasteiger partial charge in [-0.15, -0.1) is 0 Å². The molecular formula is C12H16O5S. The predicted molar refractivity (Wildman–Crippen MR) is 66.0 cm³/mol. The number of carbonyl (C=O) groups is 1. The van der Waals surface area contributed by atoms with Crippen molar-refractivity contribution in [2.24, 2.45) is 0 Å². The Morgan fingerprint density at radius 1 is 1.28 bits per heavy atom. The Bertz CT molecular complexity index is 528. The van der Waals surface area contributed by atoms with E-state index in [1.54, 1.807) is 6.92 Å². The topological polar surface area (TPSA) is 91.7 Å². The summed E-state index contributed by atoms with van der Waals surface area (Å²) in [5.41, 5.74) is -1.14. The minimum absolute atomic E-state index is 0.00212. The third-order valence-corrected chi connectivity index (χ3v) is 4.46. The first-order valence-corrected chi connectivity index (χ1v) is 7.12. The van der Waals surface area contributed by atoms with E-state index in [4.69, 9.17) is 5.11 Å². The zero-order valence-corrected chi connectivity index (χ0v) is 11.1. The standard InChI is InChI=1S/C12H16O5S/c1-3-18(16,17)10-6-4-9(5-7-10)12(2,15)8-11(13)14/h4-7,15H,3,8H2,1-2H3,(H,13,14). The average molecular weight is 272 g/mol. The van der Waals surface area contributed by atoms with Gasteiger partial charge in [0.05, 0.1) is 22.7 Å². The monoisotopic (exact) mass is 272 g/mol. The maximum absolute atomic E-state index is 11.6. The number of carboxylic acids is 1. The van der Waals surface area contributed by atoms with Crippen molar-refractivity contribution in [3.05, 3.63) is 29.8 Å². The highest BCUT2D eigenvalue weighted by Crippen LogP contribution is 2.25. The van der Waals surface area contributed by atoms with Crippen molar-refractivity contribution in [1.29, 1.82) is 0 Å². The fraction of sp³-hybridized carbons (Fsp3) is 0.417. The van der Waals surface area contributed by atoms with Gasteiger partial charge in [-0.25, -0.2) is 8.42 Å². The molecule has 1 aromatic carbocycles. The van der Waals surface area contributed by atoms with E-state index in [-0.39, 0.29) is 10.6 Å². The molecular weight excluding hydrogens is 256 g/mol. The smallest absolute Gasteiger partial charge is 0.306 e. The van der Waals surface area contributed by atoms with Crippen molar-refractivity contribution in [3.63, 3.8) is 0 Å². The van der Waals surface area contributed by atoms with E-state index >= 15 is 0 Å². The molecule has 5 nitrogen and oxygen atoms in total. The predicted octanol–water partition coefficient (Wildman–Crippen LogP) is 1.16. The van der Waals surface area contributed by atoms with Gasteiger partial charge in [-0.2, -0.15) is 0 Å². The van der Waals surface area contributed by atoms with Crippen LogP contribution in [0.4, 0.5) is 0 Å². The van der Waals surface area contributed by atoms with Crippen molar-refractivity contribution >= 4 is 15.8 Å². The number of sulfone groups is 1. The minimum atomic E-state index is -3.28. The molecule has 0 heterocycles. The van der Waals surface area contributed by atoms with Gasteiger partial charge in [0.25, 0.3) is 0 Å². The number of carboxylic acid groups (broad SMARTS) is 1. The Morgan fingerprint density at radius 3 is 2.17 bits per heavy atom. The Hall–Kier alpha value is -1.40. The number of aliphatic carboxylic acids is 1. The summed E-state index contributed by atoms with van der Waals surface area (Å²) in [7, 11) is -3.28. The highest BCUT2D eigenvalue weighted by Gasteiger charge is 2.26. The molecule has 0 aliphatic rings. The van der Waals surface area contributed by atoms with Crippen LogP contribution in [0.1, 0.15) is 25.8 Å². The largest absolute Gasteiger partial charge is 0.481 e. The molecule has 100 valence electrons. The molecule has 0 saturated heterocycles. The number of benzene rings is 1. The normalized spacial score (nSPS) is 15.1. The van der Waals surface area contributed by atoms with Crippen LogP contribution in [0.2, 0.25) is 0 Å². The average Bonchev–Trinajstić information content (AvgIpc) is 2.27. The molecule has 0 amide bonds. The summed E-state index contributed by atoms with van der Waals surface area (Å²) in [5.74, 6) is -1.12. The van der Waals surface area contributed by atoms with Gasteiger partial charge in [-0.1, -0.05) is 19.1 Å². The van der Waals surface area contributed by atoms with Crippen LogP contribution in [-0.4, -0.2) is 30.4 Å². The molecule has 18 heavy (non-hydrogen) atoms. The molecule has 0 fully saturated rings. The van der Waals surface area contributed by atoms with Crippen molar-refractivity contribution in [1.82, 2.24) is 0 Å². The summed E-state index contributed by atoms with van der Waals surface area (Å²) in [6, 6.07) is 5.63. The first-order valence-electron chi connectivity index (χ1n) is 5.46. The van der Waals surface area contributed by atoms with E-state index in [1.807, 2.05) is 0 Å². The van der Waals surface area contributed by atoms with Crippen LogP contribution in [0, 0.1) is 0 Å². The van der Waals surface area contributed by atoms with Gasteiger partial charge in [-0.05, 0) is 24.6 Å². The van der Waals surface area contributed by atoms with Crippen molar-refractivity contribution in [2.45, 2.75) is 30.8 Å². The molecule has 0 aliphatic carbocycles. The Kier molecular flexibility index (Phi) is 4.13. The molecule has 1 unspecified atom stereocenters. The summed E-state index contributed by atoms with van der Waals surface area (Å²) in [6.07, 6.45) is -0.438. The van der Waals surface area contributed by atoms with Crippen LogP contribution < -0.4 is 0 Å². The fourth-order valence-corrected chi connectivity index (χ4v) is 2.47. The van der Waals surface area contributed by atoms with Crippen LogP contribution in [0.25, 0.3) is 0 Å². The van der Waals surface area contributed by atoms with Crippen molar-refractivity contribution < 1.29 is 23.4 Å². The second-order valence-corrected chi connectivity index (χ2v) is 6.55. The Balaban J connectivity index is 3.07. The molecule has 0 aliphatic heterocycles. The van der Waals surface area contributed by atoms with E-state index in [0.717, 1.165) is 0 Å². The number of hydrogen-bond donors (Lipinski definition) is 2. The van der Waals surface area contributed by atoms with Gasteiger partial charge in [0.15, 0.2) is 9.84 Å². The molecule has 1 atom stereocenters. The van der Waals surface area contributed by atoms with Crippen LogP contribution in [0.15, 0.2) is 29.2 Å². The molecule has 0 saturated carbocycles. The third-order valence-electron chi connectivity index (χ3n) is 2.71. The summed E-state index contributed by atoms with van der Waals surface area (Å²) in [4.78, 5) is 10.8. The van der Waals surface area contributed by atoms with Crippen LogP contribution >= 0.6 is 0 Å². The zero-order chi connectivity index (χ0) is 14.0. The molecule has 2 N–H and O–H groups in total. The zero-order valence-electron chi connectivity index (χ0n) is 10.3. The lowest BCUT2D eigenvalue weighted by molar-refractivity contribution is -0.142. The Labute approximate surface area is 106 Å². The maximum atomic E-state index is 11.6. The van der Waals surface area contributed by atoms with E-state index in [1.165, 1.54) is 31.2 Å². The van der Waals surface area contributed by atoms with Gasteiger partial charge >= 0.3 is 5.97 Å². The fourth-order valence-electron chi connectivity index (χ4n) is 1.58. The summed E-state index contributed by atoms with van der Waals surface area (Å²) >= 11 is 0. The number of aliphatic hydroxyl groups is 1. The van der Waals surface area contributed by atoms with Crippen LogP contribution in [0.5, 0.6) is 0 Å². The van der Waals surface area contributed by atoms with Gasteiger partial charge < -0.3 is 10.2 Å².